The second-order valence-electron chi connectivity index (χ2n) is 4.95. The fourth-order valence-electron chi connectivity index (χ4n) is 2.28. The number of methoxy groups -OCH3 is 1. The largest absolute Gasteiger partial charge is 0.395 e. The highest BCUT2D eigenvalue weighted by molar-refractivity contribution is 5.31. The zero-order valence-corrected chi connectivity index (χ0v) is 13.4. The van der Waals surface area contributed by atoms with Crippen molar-refractivity contribution < 1.29 is 9.84 Å². The molecule has 1 heterocycles. The van der Waals surface area contributed by atoms with Crippen molar-refractivity contribution in [3.8, 4) is 0 Å². The van der Waals surface area contributed by atoms with Crippen LogP contribution in [0.15, 0.2) is 12.4 Å². The van der Waals surface area contributed by atoms with Crippen molar-refractivity contribution in [3.05, 3.63) is 18.0 Å². The maximum atomic E-state index is 9.24. The first-order valence-corrected chi connectivity index (χ1v) is 7.64. The van der Waals surface area contributed by atoms with Crippen molar-refractivity contribution in [1.82, 2.24) is 15.3 Å². The summed E-state index contributed by atoms with van der Waals surface area (Å²) in [6.45, 7) is 7.20. The Hall–Kier alpha value is -1.24. The van der Waals surface area contributed by atoms with Gasteiger partial charge in [-0.1, -0.05) is 13.8 Å². The average Bonchev–Trinajstić information content (AvgIpc) is 2.52. The Morgan fingerprint density at radius 1 is 1.29 bits per heavy atom. The first-order valence-electron chi connectivity index (χ1n) is 7.64. The number of ether oxygens (including phenoxy) is 1. The smallest absolute Gasteiger partial charge is 0.225 e. The third kappa shape index (κ3) is 5.95. The normalized spacial score (nSPS) is 11.1. The van der Waals surface area contributed by atoms with Gasteiger partial charge in [-0.15, -0.1) is 0 Å². The highest BCUT2D eigenvalue weighted by atomic mass is 16.5. The van der Waals surface area contributed by atoms with Crippen molar-refractivity contribution in [2.45, 2.75) is 39.3 Å². The van der Waals surface area contributed by atoms with Crippen LogP contribution in [0, 0.1) is 0 Å². The average molecular weight is 296 g/mol. The zero-order valence-electron chi connectivity index (χ0n) is 13.4. The number of anilines is 1. The van der Waals surface area contributed by atoms with Crippen molar-refractivity contribution in [2.75, 3.05) is 38.3 Å². The molecule has 0 fully saturated rings. The highest BCUT2D eigenvalue weighted by Crippen LogP contribution is 2.15. The van der Waals surface area contributed by atoms with E-state index in [4.69, 9.17) is 4.74 Å². The van der Waals surface area contributed by atoms with E-state index in [1.807, 2.05) is 12.4 Å². The van der Waals surface area contributed by atoms with Crippen LogP contribution in [0.25, 0.3) is 0 Å². The van der Waals surface area contributed by atoms with Crippen LogP contribution in [-0.2, 0) is 11.3 Å². The molecule has 0 bridgehead atoms. The molecule has 0 aliphatic rings. The van der Waals surface area contributed by atoms with Gasteiger partial charge in [0.25, 0.3) is 0 Å². The van der Waals surface area contributed by atoms with Crippen molar-refractivity contribution in [2.24, 2.45) is 0 Å². The maximum absolute atomic E-state index is 9.24. The van der Waals surface area contributed by atoms with E-state index in [2.05, 4.69) is 34.0 Å². The number of aromatic nitrogens is 2. The van der Waals surface area contributed by atoms with Gasteiger partial charge in [0.05, 0.1) is 13.2 Å². The number of aliphatic hydroxyl groups excluding tert-OH is 1. The van der Waals surface area contributed by atoms with E-state index >= 15 is 0 Å². The van der Waals surface area contributed by atoms with Crippen LogP contribution in [0.5, 0.6) is 0 Å². The maximum Gasteiger partial charge on any atom is 0.225 e. The van der Waals surface area contributed by atoms with Crippen LogP contribution >= 0.6 is 0 Å². The summed E-state index contributed by atoms with van der Waals surface area (Å²) in [7, 11) is 1.69. The summed E-state index contributed by atoms with van der Waals surface area (Å²) in [5.74, 6) is 0.693. The molecule has 0 saturated carbocycles. The summed E-state index contributed by atoms with van der Waals surface area (Å²) in [6.07, 6.45) is 5.71. The molecule has 120 valence electrons. The van der Waals surface area contributed by atoms with Gasteiger partial charge in [-0.2, -0.15) is 0 Å². The van der Waals surface area contributed by atoms with Gasteiger partial charge in [0.2, 0.25) is 5.95 Å². The third-order valence-corrected chi connectivity index (χ3v) is 3.48. The lowest BCUT2D eigenvalue weighted by Gasteiger charge is -2.29. The molecule has 0 unspecified atom stereocenters. The predicted octanol–water partition coefficient (Wildman–Crippen LogP) is 1.20. The molecule has 6 heteroatoms. The highest BCUT2D eigenvalue weighted by Gasteiger charge is 2.17. The molecule has 0 saturated heterocycles. The van der Waals surface area contributed by atoms with Crippen molar-refractivity contribution in [3.63, 3.8) is 0 Å². The molecule has 0 aliphatic carbocycles. The Morgan fingerprint density at radius 2 is 1.95 bits per heavy atom. The van der Waals surface area contributed by atoms with Gasteiger partial charge >= 0.3 is 0 Å². The van der Waals surface area contributed by atoms with Gasteiger partial charge in [-0.05, 0) is 12.8 Å². The summed E-state index contributed by atoms with van der Waals surface area (Å²) in [4.78, 5) is 11.0. The molecule has 0 aromatic carbocycles. The minimum Gasteiger partial charge on any atom is -0.395 e. The molecule has 1 aromatic rings. The number of nitrogens with zero attached hydrogens (tertiary/aromatic N) is 3. The second kappa shape index (κ2) is 10.5. The number of rotatable bonds is 11. The van der Waals surface area contributed by atoms with Gasteiger partial charge in [0.1, 0.15) is 0 Å². The molecular formula is C15H28N4O2. The molecule has 1 rings (SSSR count). The summed E-state index contributed by atoms with van der Waals surface area (Å²) in [6, 6.07) is 0.364. The molecule has 2 N–H and O–H groups in total. The van der Waals surface area contributed by atoms with E-state index < -0.39 is 0 Å². The lowest BCUT2D eigenvalue weighted by Crippen LogP contribution is -2.38. The molecule has 6 nitrogen and oxygen atoms in total. The molecule has 21 heavy (non-hydrogen) atoms. The first-order chi connectivity index (χ1) is 10.3. The molecule has 0 atom stereocenters. The Morgan fingerprint density at radius 3 is 2.48 bits per heavy atom. The van der Waals surface area contributed by atoms with E-state index in [0.717, 1.165) is 31.5 Å². The number of hydrogen-bond donors (Lipinski definition) is 2. The summed E-state index contributed by atoms with van der Waals surface area (Å²) in [5.41, 5.74) is 1.04. The summed E-state index contributed by atoms with van der Waals surface area (Å²) < 4.78 is 4.98. The fourth-order valence-corrected chi connectivity index (χ4v) is 2.28. The van der Waals surface area contributed by atoms with Crippen LogP contribution < -0.4 is 10.2 Å². The molecule has 0 aliphatic heterocycles. The van der Waals surface area contributed by atoms with Crippen LogP contribution in [0.2, 0.25) is 0 Å². The Kier molecular flexibility index (Phi) is 8.89. The predicted molar refractivity (Wildman–Crippen MR) is 84.4 cm³/mol. The van der Waals surface area contributed by atoms with E-state index in [1.165, 1.54) is 0 Å². The Balaban J connectivity index is 2.64. The molecule has 1 aromatic heterocycles. The van der Waals surface area contributed by atoms with Gasteiger partial charge < -0.3 is 20.1 Å². The number of nitrogens with one attached hydrogen (secondary N) is 1. The lowest BCUT2D eigenvalue weighted by atomic mass is 10.1. The molecule has 0 radical (unpaired) electrons. The Bertz CT molecular complexity index is 368. The van der Waals surface area contributed by atoms with E-state index in [9.17, 15) is 5.11 Å². The van der Waals surface area contributed by atoms with Gasteiger partial charge in [-0.25, -0.2) is 9.97 Å². The van der Waals surface area contributed by atoms with E-state index in [1.54, 1.807) is 7.11 Å². The van der Waals surface area contributed by atoms with E-state index in [-0.39, 0.29) is 6.61 Å². The topological polar surface area (TPSA) is 70.5 Å². The molecular weight excluding hydrogens is 268 g/mol. The quantitative estimate of drug-likeness (QED) is 0.598. The monoisotopic (exact) mass is 296 g/mol. The van der Waals surface area contributed by atoms with E-state index in [0.29, 0.717) is 25.1 Å². The standard InChI is InChI=1S/C15H28N4O2/c1-4-14(5-2)19(7-8-20)15-17-11-13(12-18-15)10-16-6-9-21-3/h11-12,14,16,20H,4-10H2,1-3H3. The van der Waals surface area contributed by atoms with Gasteiger partial charge in [-0.3, -0.25) is 0 Å². The number of aliphatic hydroxyl groups is 1. The van der Waals surface area contributed by atoms with Crippen molar-refractivity contribution in [1.29, 1.82) is 0 Å². The minimum absolute atomic E-state index is 0.111. The third-order valence-electron chi connectivity index (χ3n) is 3.48. The van der Waals surface area contributed by atoms with Crippen LogP contribution in [0.1, 0.15) is 32.3 Å². The fraction of sp³-hybridized carbons (Fsp3) is 0.733. The SMILES string of the molecule is CCC(CC)N(CCO)c1ncc(CNCCOC)cn1. The Labute approximate surface area is 127 Å². The summed E-state index contributed by atoms with van der Waals surface area (Å²) >= 11 is 0. The van der Waals surface area contributed by atoms with Crippen molar-refractivity contribution >= 4 is 5.95 Å². The molecule has 0 amide bonds. The van der Waals surface area contributed by atoms with Crippen LogP contribution in [0.4, 0.5) is 5.95 Å². The number of hydrogen-bond acceptors (Lipinski definition) is 6. The summed E-state index contributed by atoms with van der Waals surface area (Å²) in [5, 5.41) is 12.5. The first kappa shape index (κ1) is 17.8. The zero-order chi connectivity index (χ0) is 15.5. The lowest BCUT2D eigenvalue weighted by molar-refractivity contribution is 0.199. The van der Waals surface area contributed by atoms with Gasteiger partial charge in [0.15, 0.2) is 0 Å². The van der Waals surface area contributed by atoms with Gasteiger partial charge in [0, 0.05) is 50.7 Å². The minimum atomic E-state index is 0.111. The van der Waals surface area contributed by atoms with Crippen LogP contribution in [-0.4, -0.2) is 54.5 Å². The van der Waals surface area contributed by atoms with Crippen LogP contribution in [0.3, 0.4) is 0 Å². The second-order valence-corrected chi connectivity index (χ2v) is 4.95. The molecule has 0 spiro atoms.